The maximum absolute atomic E-state index is 12.3. The van der Waals surface area contributed by atoms with Gasteiger partial charge in [-0.05, 0) is 39.0 Å². The summed E-state index contributed by atoms with van der Waals surface area (Å²) in [5, 5.41) is 11.8. The summed E-state index contributed by atoms with van der Waals surface area (Å²) in [6, 6.07) is 4.30. The first-order chi connectivity index (χ1) is 9.81. The fourth-order valence-corrected chi connectivity index (χ4v) is 2.29. The van der Waals surface area contributed by atoms with Gasteiger partial charge in [-0.3, -0.25) is 4.79 Å². The molecule has 0 aliphatic rings. The molecule has 5 nitrogen and oxygen atoms in total. The van der Waals surface area contributed by atoms with Crippen molar-refractivity contribution in [2.75, 3.05) is 5.32 Å². The number of carboxylic acid groups (broad SMARTS) is 1. The highest BCUT2D eigenvalue weighted by Crippen LogP contribution is 2.24. The van der Waals surface area contributed by atoms with Crippen LogP contribution in [0.15, 0.2) is 22.6 Å². The number of furan rings is 1. The summed E-state index contributed by atoms with van der Waals surface area (Å²) in [4.78, 5) is 23.3. The van der Waals surface area contributed by atoms with Gasteiger partial charge in [0, 0.05) is 11.3 Å². The van der Waals surface area contributed by atoms with Gasteiger partial charge in [-0.1, -0.05) is 11.6 Å². The summed E-state index contributed by atoms with van der Waals surface area (Å²) in [6.07, 6.45) is 0. The van der Waals surface area contributed by atoms with Crippen molar-refractivity contribution in [1.82, 2.24) is 0 Å². The van der Waals surface area contributed by atoms with Crippen LogP contribution in [0.2, 0.25) is 5.02 Å². The van der Waals surface area contributed by atoms with Crippen LogP contribution >= 0.6 is 11.6 Å². The van der Waals surface area contributed by atoms with Crippen molar-refractivity contribution in [2.45, 2.75) is 20.8 Å². The molecule has 0 atom stereocenters. The zero-order valence-electron chi connectivity index (χ0n) is 11.8. The standard InChI is InChI=1S/C15H14ClNO4/c1-7-8(2)21-9(3)13(7)14(18)17-10-4-5-12(16)11(6-10)15(19)20/h4-6H,1-3H3,(H,17,18)(H,19,20). The van der Waals surface area contributed by atoms with Crippen molar-refractivity contribution in [3.8, 4) is 0 Å². The SMILES string of the molecule is Cc1oc(C)c(C(=O)Nc2ccc(Cl)c(C(=O)O)c2)c1C. The number of halogens is 1. The van der Waals surface area contributed by atoms with Crippen molar-refractivity contribution >= 4 is 29.2 Å². The van der Waals surface area contributed by atoms with Crippen molar-refractivity contribution in [3.63, 3.8) is 0 Å². The second-order valence-corrected chi connectivity index (χ2v) is 5.08. The molecule has 0 unspecified atom stereocenters. The first-order valence-electron chi connectivity index (χ1n) is 6.22. The molecule has 0 saturated heterocycles. The summed E-state index contributed by atoms with van der Waals surface area (Å²) in [7, 11) is 0. The van der Waals surface area contributed by atoms with E-state index in [0.717, 1.165) is 5.56 Å². The van der Waals surface area contributed by atoms with Crippen molar-refractivity contribution in [3.05, 3.63) is 51.4 Å². The normalized spacial score (nSPS) is 10.5. The average Bonchev–Trinajstić information content (AvgIpc) is 2.65. The summed E-state index contributed by atoms with van der Waals surface area (Å²) in [5.74, 6) is -0.293. The lowest BCUT2D eigenvalue weighted by atomic mass is 10.1. The number of carbonyl (C=O) groups is 2. The molecule has 2 aromatic rings. The summed E-state index contributed by atoms with van der Waals surface area (Å²) in [5.41, 5.74) is 1.52. The highest BCUT2D eigenvalue weighted by molar-refractivity contribution is 6.33. The fourth-order valence-electron chi connectivity index (χ4n) is 2.09. The summed E-state index contributed by atoms with van der Waals surface area (Å²) >= 11 is 5.79. The van der Waals surface area contributed by atoms with Crippen molar-refractivity contribution < 1.29 is 19.1 Å². The average molecular weight is 308 g/mol. The van der Waals surface area contributed by atoms with E-state index >= 15 is 0 Å². The Morgan fingerprint density at radius 1 is 1.19 bits per heavy atom. The van der Waals surface area contributed by atoms with Crippen LogP contribution in [-0.4, -0.2) is 17.0 Å². The molecule has 0 aliphatic carbocycles. The van der Waals surface area contributed by atoms with Gasteiger partial charge in [-0.15, -0.1) is 0 Å². The van der Waals surface area contributed by atoms with E-state index in [2.05, 4.69) is 5.32 Å². The molecule has 0 bridgehead atoms. The number of anilines is 1. The predicted molar refractivity (Wildman–Crippen MR) is 79.3 cm³/mol. The van der Waals surface area contributed by atoms with Gasteiger partial charge in [0.25, 0.3) is 5.91 Å². The summed E-state index contributed by atoms with van der Waals surface area (Å²) < 4.78 is 5.41. The molecule has 0 radical (unpaired) electrons. The molecule has 2 rings (SSSR count). The van der Waals surface area contributed by atoms with E-state index in [1.807, 2.05) is 0 Å². The number of rotatable bonds is 3. The summed E-state index contributed by atoms with van der Waals surface area (Å²) in [6.45, 7) is 5.29. The van der Waals surface area contributed by atoms with E-state index in [4.69, 9.17) is 21.1 Å². The monoisotopic (exact) mass is 307 g/mol. The Balaban J connectivity index is 2.32. The first-order valence-corrected chi connectivity index (χ1v) is 6.60. The minimum absolute atomic E-state index is 0.0636. The number of amides is 1. The van der Waals surface area contributed by atoms with Gasteiger partial charge in [0.1, 0.15) is 11.5 Å². The maximum Gasteiger partial charge on any atom is 0.337 e. The molecule has 1 aromatic carbocycles. The van der Waals surface area contributed by atoms with Crippen LogP contribution < -0.4 is 5.32 Å². The lowest BCUT2D eigenvalue weighted by Crippen LogP contribution is -2.14. The van der Waals surface area contributed by atoms with E-state index in [1.165, 1.54) is 12.1 Å². The van der Waals surface area contributed by atoms with Gasteiger partial charge in [0.05, 0.1) is 16.1 Å². The number of benzene rings is 1. The van der Waals surface area contributed by atoms with E-state index in [9.17, 15) is 9.59 Å². The fraction of sp³-hybridized carbons (Fsp3) is 0.200. The molecule has 2 N–H and O–H groups in total. The third-order valence-corrected chi connectivity index (χ3v) is 3.57. The third kappa shape index (κ3) is 2.92. The highest BCUT2D eigenvalue weighted by atomic mass is 35.5. The number of carbonyl (C=O) groups excluding carboxylic acids is 1. The van der Waals surface area contributed by atoms with E-state index in [0.29, 0.717) is 22.8 Å². The Hall–Kier alpha value is -2.27. The Labute approximate surface area is 126 Å². The van der Waals surface area contributed by atoms with Crippen LogP contribution in [0, 0.1) is 20.8 Å². The Kier molecular flexibility index (Phi) is 4.04. The molecular formula is C15H14ClNO4. The Bertz CT molecular complexity index is 734. The number of nitrogens with one attached hydrogen (secondary N) is 1. The second-order valence-electron chi connectivity index (χ2n) is 4.67. The molecule has 1 heterocycles. The van der Waals surface area contributed by atoms with Gasteiger partial charge in [-0.25, -0.2) is 4.79 Å². The van der Waals surface area contributed by atoms with E-state index < -0.39 is 5.97 Å². The zero-order chi connectivity index (χ0) is 15.7. The maximum atomic E-state index is 12.3. The molecule has 21 heavy (non-hydrogen) atoms. The van der Waals surface area contributed by atoms with Gasteiger partial charge in [-0.2, -0.15) is 0 Å². The van der Waals surface area contributed by atoms with Crippen LogP contribution in [0.4, 0.5) is 5.69 Å². The first kappa shape index (κ1) is 15.1. The molecule has 0 aliphatic heterocycles. The van der Waals surface area contributed by atoms with Gasteiger partial charge in [0.15, 0.2) is 0 Å². The number of hydrogen-bond acceptors (Lipinski definition) is 3. The molecule has 1 amide bonds. The molecule has 0 spiro atoms. The number of aromatic carboxylic acids is 1. The zero-order valence-corrected chi connectivity index (χ0v) is 12.5. The highest BCUT2D eigenvalue weighted by Gasteiger charge is 2.19. The number of hydrogen-bond donors (Lipinski definition) is 2. The smallest absolute Gasteiger partial charge is 0.337 e. The van der Waals surface area contributed by atoms with Crippen LogP contribution in [-0.2, 0) is 0 Å². The lowest BCUT2D eigenvalue weighted by molar-refractivity contribution is 0.0696. The van der Waals surface area contributed by atoms with Gasteiger partial charge >= 0.3 is 5.97 Å². The molecule has 110 valence electrons. The van der Waals surface area contributed by atoms with Crippen molar-refractivity contribution in [1.29, 1.82) is 0 Å². The molecule has 6 heteroatoms. The van der Waals surface area contributed by atoms with E-state index in [1.54, 1.807) is 26.8 Å². The van der Waals surface area contributed by atoms with Gasteiger partial charge < -0.3 is 14.8 Å². The number of aryl methyl sites for hydroxylation is 2. The minimum Gasteiger partial charge on any atom is -0.478 e. The van der Waals surface area contributed by atoms with Crippen LogP contribution in [0.5, 0.6) is 0 Å². The van der Waals surface area contributed by atoms with Crippen LogP contribution in [0.1, 0.15) is 37.8 Å². The number of carboxylic acids is 1. The Morgan fingerprint density at radius 2 is 1.86 bits per heavy atom. The topological polar surface area (TPSA) is 79.5 Å². The molecule has 1 aromatic heterocycles. The largest absolute Gasteiger partial charge is 0.478 e. The molecule has 0 fully saturated rings. The molecular weight excluding hydrogens is 294 g/mol. The second kappa shape index (κ2) is 5.61. The predicted octanol–water partition coefficient (Wildman–Crippen LogP) is 3.81. The van der Waals surface area contributed by atoms with Crippen molar-refractivity contribution in [2.24, 2.45) is 0 Å². The van der Waals surface area contributed by atoms with Crippen LogP contribution in [0.25, 0.3) is 0 Å². The van der Waals surface area contributed by atoms with Gasteiger partial charge in [0.2, 0.25) is 0 Å². The third-order valence-electron chi connectivity index (χ3n) is 3.24. The Morgan fingerprint density at radius 3 is 2.38 bits per heavy atom. The quantitative estimate of drug-likeness (QED) is 0.903. The molecule has 0 saturated carbocycles. The van der Waals surface area contributed by atoms with E-state index in [-0.39, 0.29) is 16.5 Å². The lowest BCUT2D eigenvalue weighted by Gasteiger charge is -2.07. The van der Waals surface area contributed by atoms with Crippen LogP contribution in [0.3, 0.4) is 0 Å². The minimum atomic E-state index is -1.15.